The van der Waals surface area contributed by atoms with Gasteiger partial charge in [0.2, 0.25) is 0 Å². The van der Waals surface area contributed by atoms with E-state index in [9.17, 15) is 0 Å². The normalized spacial score (nSPS) is 59.2. The fraction of sp³-hybridized carbons (Fsp3) is 0.900. The van der Waals surface area contributed by atoms with Gasteiger partial charge in [-0.25, -0.2) is 0 Å². The summed E-state index contributed by atoms with van der Waals surface area (Å²) in [7, 11) is 0. The zero-order chi connectivity index (χ0) is 14.9. The van der Waals surface area contributed by atoms with Gasteiger partial charge in [0, 0.05) is 4.32 Å². The fourth-order valence-electron chi connectivity index (χ4n) is 7.15. The van der Waals surface area contributed by atoms with Gasteiger partial charge in [0.25, 0.3) is 0 Å². The van der Waals surface area contributed by atoms with Gasteiger partial charge in [-0.05, 0) is 79.4 Å². The highest BCUT2D eigenvalue weighted by Crippen LogP contribution is 2.69. The van der Waals surface area contributed by atoms with Crippen molar-refractivity contribution in [3.05, 3.63) is 12.2 Å². The largest absolute Gasteiger partial charge is 0.0868 e. The van der Waals surface area contributed by atoms with Crippen LogP contribution >= 0.6 is 15.9 Å². The van der Waals surface area contributed by atoms with Crippen LogP contribution in [-0.4, -0.2) is 4.32 Å². The maximum atomic E-state index is 4.27. The number of fused-ring (bicyclic) bond motifs is 5. The Morgan fingerprint density at radius 2 is 1.81 bits per heavy atom. The van der Waals surface area contributed by atoms with Crippen molar-refractivity contribution in [2.24, 2.45) is 34.5 Å². The van der Waals surface area contributed by atoms with Gasteiger partial charge in [-0.2, -0.15) is 0 Å². The smallest absolute Gasteiger partial charge is 0.0354 e. The minimum absolute atomic E-state index is 0.377. The molecule has 7 atom stereocenters. The first kappa shape index (κ1) is 14.8. The van der Waals surface area contributed by atoms with E-state index >= 15 is 0 Å². The molecule has 0 aromatic carbocycles. The van der Waals surface area contributed by atoms with Crippen LogP contribution in [0.2, 0.25) is 0 Å². The van der Waals surface area contributed by atoms with E-state index in [0.717, 1.165) is 23.7 Å². The molecule has 0 bridgehead atoms. The second-order valence-electron chi connectivity index (χ2n) is 9.17. The van der Waals surface area contributed by atoms with E-state index in [0.29, 0.717) is 15.2 Å². The van der Waals surface area contributed by atoms with Crippen LogP contribution in [0.25, 0.3) is 0 Å². The standard InChI is InChI=1S/C20H31Br/c1-14-6-4-11-20(21)13-8-15-16-7-5-10-18(16,2)12-9-17(15)19(14,20)3/h4,6,14-17H,5,7-13H2,1-3H3/t14-,15+,16+,17+,18+,19-,20+/m1/s1. The molecule has 0 aromatic heterocycles. The molecule has 0 unspecified atom stereocenters. The first-order valence-corrected chi connectivity index (χ1v) is 10.1. The van der Waals surface area contributed by atoms with Crippen molar-refractivity contribution in [2.45, 2.75) is 76.5 Å². The van der Waals surface area contributed by atoms with Crippen molar-refractivity contribution in [2.75, 3.05) is 0 Å². The first-order valence-electron chi connectivity index (χ1n) is 9.26. The highest BCUT2D eigenvalue weighted by molar-refractivity contribution is 9.10. The van der Waals surface area contributed by atoms with Crippen molar-refractivity contribution >= 4 is 15.9 Å². The molecule has 0 radical (unpaired) electrons. The average molecular weight is 351 g/mol. The minimum Gasteiger partial charge on any atom is -0.0868 e. The third-order valence-corrected chi connectivity index (χ3v) is 10.2. The fourth-order valence-corrected chi connectivity index (χ4v) is 8.22. The topological polar surface area (TPSA) is 0 Å². The van der Waals surface area contributed by atoms with Crippen LogP contribution in [0.5, 0.6) is 0 Å². The Labute approximate surface area is 139 Å². The third kappa shape index (κ3) is 1.79. The summed E-state index contributed by atoms with van der Waals surface area (Å²) >= 11 is 4.27. The van der Waals surface area contributed by atoms with Gasteiger partial charge in [0.05, 0.1) is 0 Å². The lowest BCUT2D eigenvalue weighted by molar-refractivity contribution is -0.0913. The van der Waals surface area contributed by atoms with Gasteiger partial charge >= 0.3 is 0 Å². The molecule has 3 saturated carbocycles. The summed E-state index contributed by atoms with van der Waals surface area (Å²) in [4.78, 5) is 0. The van der Waals surface area contributed by atoms with Crippen LogP contribution in [0.15, 0.2) is 12.2 Å². The lowest BCUT2D eigenvalue weighted by Gasteiger charge is -2.64. The summed E-state index contributed by atoms with van der Waals surface area (Å²) in [6.45, 7) is 7.73. The quantitative estimate of drug-likeness (QED) is 0.352. The molecule has 4 rings (SSSR count). The second-order valence-corrected chi connectivity index (χ2v) is 10.7. The van der Waals surface area contributed by atoms with Crippen LogP contribution in [0.3, 0.4) is 0 Å². The summed E-state index contributed by atoms with van der Waals surface area (Å²) in [5.74, 6) is 3.71. The Morgan fingerprint density at radius 3 is 2.62 bits per heavy atom. The lowest BCUT2D eigenvalue weighted by atomic mass is 9.44. The number of hydrogen-bond donors (Lipinski definition) is 0. The summed E-state index contributed by atoms with van der Waals surface area (Å²) in [5.41, 5.74) is 1.16. The van der Waals surface area contributed by atoms with Gasteiger partial charge < -0.3 is 0 Å². The maximum absolute atomic E-state index is 4.27. The summed E-state index contributed by atoms with van der Waals surface area (Å²) in [6, 6.07) is 0. The van der Waals surface area contributed by atoms with Crippen molar-refractivity contribution < 1.29 is 0 Å². The molecule has 0 spiro atoms. The molecule has 4 aliphatic carbocycles. The molecule has 0 heterocycles. The van der Waals surface area contributed by atoms with E-state index in [2.05, 4.69) is 48.9 Å². The van der Waals surface area contributed by atoms with Gasteiger partial charge in [0.1, 0.15) is 0 Å². The Balaban J connectivity index is 1.74. The highest BCUT2D eigenvalue weighted by atomic mass is 79.9. The number of hydrogen-bond acceptors (Lipinski definition) is 0. The van der Waals surface area contributed by atoms with Gasteiger partial charge in [-0.15, -0.1) is 0 Å². The van der Waals surface area contributed by atoms with Gasteiger partial charge in [0.15, 0.2) is 0 Å². The second kappa shape index (κ2) is 4.62. The molecule has 0 N–H and O–H groups in total. The van der Waals surface area contributed by atoms with Crippen molar-refractivity contribution in [1.82, 2.24) is 0 Å². The van der Waals surface area contributed by atoms with Crippen molar-refractivity contribution in [1.29, 1.82) is 0 Å². The van der Waals surface area contributed by atoms with Crippen LogP contribution in [0.1, 0.15) is 72.1 Å². The molecule has 0 amide bonds. The Morgan fingerprint density at radius 1 is 1.00 bits per heavy atom. The molecule has 1 heteroatoms. The zero-order valence-electron chi connectivity index (χ0n) is 14.0. The highest BCUT2D eigenvalue weighted by Gasteiger charge is 2.62. The zero-order valence-corrected chi connectivity index (χ0v) is 15.6. The third-order valence-electron chi connectivity index (χ3n) is 8.64. The Kier molecular flexibility index (Phi) is 3.25. The molecule has 21 heavy (non-hydrogen) atoms. The maximum Gasteiger partial charge on any atom is 0.0354 e. The van der Waals surface area contributed by atoms with Crippen LogP contribution < -0.4 is 0 Å². The number of rotatable bonds is 0. The monoisotopic (exact) mass is 350 g/mol. The Bertz CT molecular complexity index is 468. The van der Waals surface area contributed by atoms with Crippen molar-refractivity contribution in [3.8, 4) is 0 Å². The predicted molar refractivity (Wildman–Crippen MR) is 93.6 cm³/mol. The van der Waals surface area contributed by atoms with Gasteiger partial charge in [-0.3, -0.25) is 0 Å². The van der Waals surface area contributed by atoms with Crippen LogP contribution in [0.4, 0.5) is 0 Å². The van der Waals surface area contributed by atoms with Crippen LogP contribution in [-0.2, 0) is 0 Å². The van der Waals surface area contributed by atoms with E-state index in [1.807, 2.05) is 0 Å². The van der Waals surface area contributed by atoms with E-state index in [4.69, 9.17) is 0 Å². The molecular formula is C20H31Br. The molecule has 0 aliphatic heterocycles. The first-order chi connectivity index (χ1) is 9.91. The summed E-state index contributed by atoms with van der Waals surface area (Å²) in [6.07, 6.45) is 16.6. The van der Waals surface area contributed by atoms with E-state index in [1.165, 1.54) is 51.4 Å². The van der Waals surface area contributed by atoms with Crippen LogP contribution in [0, 0.1) is 34.5 Å². The molecule has 118 valence electrons. The van der Waals surface area contributed by atoms with Gasteiger partial charge in [-0.1, -0.05) is 55.3 Å². The molecule has 0 saturated heterocycles. The molecule has 4 aliphatic rings. The lowest BCUT2D eigenvalue weighted by Crippen LogP contribution is -2.60. The minimum atomic E-state index is 0.377. The average Bonchev–Trinajstić information content (AvgIpc) is 2.83. The summed E-state index contributed by atoms with van der Waals surface area (Å²) in [5, 5.41) is 0. The van der Waals surface area contributed by atoms with Crippen molar-refractivity contribution in [3.63, 3.8) is 0 Å². The molecular weight excluding hydrogens is 320 g/mol. The summed E-state index contributed by atoms with van der Waals surface area (Å²) < 4.78 is 0.377. The van der Waals surface area contributed by atoms with E-state index in [-0.39, 0.29) is 0 Å². The SMILES string of the molecule is C[C@@H]1C=CC[C@]2(Br)CC[C@H]3[C@@H]4CCC[C@@]4(C)CC[C@@H]3[C@@]12C. The number of alkyl halides is 1. The van der Waals surface area contributed by atoms with E-state index in [1.54, 1.807) is 0 Å². The molecule has 3 fully saturated rings. The molecule has 0 aromatic rings. The Hall–Kier alpha value is 0.220. The number of halogens is 1. The number of allylic oxidation sites excluding steroid dienone is 2. The predicted octanol–water partition coefficient (Wildman–Crippen LogP) is 6.35. The van der Waals surface area contributed by atoms with E-state index < -0.39 is 0 Å². The molecule has 0 nitrogen and oxygen atoms in total.